The summed E-state index contributed by atoms with van der Waals surface area (Å²) in [5, 5.41) is 17.9. The molecule has 0 heterocycles. The van der Waals surface area contributed by atoms with Gasteiger partial charge in [-0.2, -0.15) is 5.26 Å². The van der Waals surface area contributed by atoms with Crippen LogP contribution >= 0.6 is 0 Å². The third-order valence-corrected chi connectivity index (χ3v) is 3.97. The van der Waals surface area contributed by atoms with Crippen LogP contribution in [0.2, 0.25) is 0 Å². The summed E-state index contributed by atoms with van der Waals surface area (Å²) >= 11 is 0. The summed E-state index contributed by atoms with van der Waals surface area (Å²) in [6, 6.07) is 6.04. The van der Waals surface area contributed by atoms with Crippen molar-refractivity contribution in [1.82, 2.24) is 4.72 Å². The molecule has 8 heteroatoms. The number of nitrogens with one attached hydrogen (secondary N) is 1. The van der Waals surface area contributed by atoms with Crippen LogP contribution in [-0.4, -0.2) is 32.1 Å². The molecule has 0 aliphatic heterocycles. The van der Waals surface area contributed by atoms with Gasteiger partial charge in [0, 0.05) is 6.54 Å². The van der Waals surface area contributed by atoms with E-state index in [0.717, 1.165) is 0 Å². The van der Waals surface area contributed by atoms with Crippen LogP contribution in [-0.2, 0) is 14.8 Å². The molecule has 0 spiro atoms. The summed E-state index contributed by atoms with van der Waals surface area (Å²) in [4.78, 5) is 10.5. The van der Waals surface area contributed by atoms with Crippen molar-refractivity contribution in [1.29, 1.82) is 5.26 Å². The minimum absolute atomic E-state index is 0.0804. The van der Waals surface area contributed by atoms with Crippen LogP contribution in [0.25, 0.3) is 0 Å². The van der Waals surface area contributed by atoms with E-state index in [0.29, 0.717) is 5.56 Å². The molecular formula is C11H13N3O4S. The van der Waals surface area contributed by atoms with E-state index < -0.39 is 28.6 Å². The van der Waals surface area contributed by atoms with Crippen LogP contribution in [0.15, 0.2) is 23.1 Å². The Morgan fingerprint density at radius 2 is 2.21 bits per heavy atom. The standard InChI is InChI=1S/C11H13N3O4S/c1-7-2-3-8(5-12)4-10(7)19(17,18)14-6-9(15)11(13)16/h2-4,9,14-15H,6H2,1H3,(H2,13,16). The van der Waals surface area contributed by atoms with Crippen LogP contribution in [0.3, 0.4) is 0 Å². The Balaban J connectivity index is 3.01. The highest BCUT2D eigenvalue weighted by molar-refractivity contribution is 7.89. The molecule has 0 bridgehead atoms. The number of aliphatic hydroxyl groups excluding tert-OH is 1. The fraction of sp³-hybridized carbons (Fsp3) is 0.273. The van der Waals surface area contributed by atoms with Crippen molar-refractivity contribution in [3.63, 3.8) is 0 Å². The molecule has 1 amide bonds. The molecule has 0 aromatic heterocycles. The molecule has 7 nitrogen and oxygen atoms in total. The molecule has 4 N–H and O–H groups in total. The molecular weight excluding hydrogens is 270 g/mol. The van der Waals surface area contributed by atoms with Crippen LogP contribution in [0.1, 0.15) is 11.1 Å². The average molecular weight is 283 g/mol. The first-order valence-electron chi connectivity index (χ1n) is 5.25. The first-order valence-corrected chi connectivity index (χ1v) is 6.74. The third-order valence-electron chi connectivity index (χ3n) is 2.40. The number of aryl methyl sites for hydroxylation is 1. The molecule has 0 saturated carbocycles. The highest BCUT2D eigenvalue weighted by atomic mass is 32.2. The zero-order chi connectivity index (χ0) is 14.6. The Morgan fingerprint density at radius 1 is 1.58 bits per heavy atom. The van der Waals surface area contributed by atoms with Gasteiger partial charge in [-0.15, -0.1) is 0 Å². The Bertz CT molecular complexity index is 634. The van der Waals surface area contributed by atoms with E-state index in [9.17, 15) is 13.2 Å². The number of rotatable bonds is 5. The summed E-state index contributed by atoms with van der Waals surface area (Å²) in [6.45, 7) is 1.05. The van der Waals surface area contributed by atoms with Crippen LogP contribution < -0.4 is 10.5 Å². The normalized spacial score (nSPS) is 12.7. The van der Waals surface area contributed by atoms with Crippen LogP contribution in [0.4, 0.5) is 0 Å². The first kappa shape index (κ1) is 15.1. The van der Waals surface area contributed by atoms with Gasteiger partial charge in [0.2, 0.25) is 15.9 Å². The maximum absolute atomic E-state index is 12.0. The number of nitriles is 1. The lowest BCUT2D eigenvalue weighted by atomic mass is 10.2. The molecule has 1 rings (SSSR count). The second-order valence-electron chi connectivity index (χ2n) is 3.86. The predicted octanol–water partition coefficient (Wildman–Crippen LogP) is -1.01. The van der Waals surface area contributed by atoms with E-state index >= 15 is 0 Å². The Labute approximate surface area is 110 Å². The number of sulfonamides is 1. The molecule has 0 radical (unpaired) electrons. The van der Waals surface area contributed by atoms with E-state index in [4.69, 9.17) is 16.1 Å². The van der Waals surface area contributed by atoms with E-state index in [1.807, 2.05) is 6.07 Å². The number of primary amides is 1. The monoisotopic (exact) mass is 283 g/mol. The Hall–Kier alpha value is -1.95. The number of carbonyl (C=O) groups excluding carboxylic acids is 1. The molecule has 0 saturated heterocycles. The third kappa shape index (κ3) is 3.75. The number of aliphatic hydroxyl groups is 1. The summed E-state index contributed by atoms with van der Waals surface area (Å²) in [6.07, 6.45) is -1.60. The number of hydrogen-bond donors (Lipinski definition) is 3. The molecule has 0 fully saturated rings. The molecule has 0 aliphatic carbocycles. The van der Waals surface area contributed by atoms with Gasteiger partial charge in [-0.25, -0.2) is 13.1 Å². The van der Waals surface area contributed by atoms with Gasteiger partial charge in [-0.1, -0.05) is 6.07 Å². The van der Waals surface area contributed by atoms with Gasteiger partial charge in [0.1, 0.15) is 6.10 Å². The summed E-state index contributed by atoms with van der Waals surface area (Å²) in [5.74, 6) is -1.02. The molecule has 1 aromatic rings. The smallest absolute Gasteiger partial charge is 0.247 e. The molecule has 102 valence electrons. The van der Waals surface area contributed by atoms with E-state index in [1.165, 1.54) is 18.2 Å². The first-order chi connectivity index (χ1) is 8.77. The van der Waals surface area contributed by atoms with Crippen molar-refractivity contribution in [3.8, 4) is 6.07 Å². The summed E-state index contributed by atoms with van der Waals surface area (Å²) in [5.41, 5.74) is 5.45. The molecule has 1 atom stereocenters. The van der Waals surface area contributed by atoms with Gasteiger partial charge in [0.05, 0.1) is 16.5 Å². The second kappa shape index (κ2) is 5.79. The highest BCUT2D eigenvalue weighted by Gasteiger charge is 2.20. The SMILES string of the molecule is Cc1ccc(C#N)cc1S(=O)(=O)NCC(O)C(N)=O. The Kier molecular flexibility index (Phi) is 4.61. The van der Waals surface area contributed by atoms with Crippen molar-refractivity contribution in [2.45, 2.75) is 17.9 Å². The minimum Gasteiger partial charge on any atom is -0.382 e. The summed E-state index contributed by atoms with van der Waals surface area (Å²) in [7, 11) is -3.92. The quantitative estimate of drug-likeness (QED) is 0.636. The van der Waals surface area contributed by atoms with Crippen LogP contribution in [0.5, 0.6) is 0 Å². The lowest BCUT2D eigenvalue weighted by molar-refractivity contribution is -0.125. The number of benzene rings is 1. The molecule has 1 unspecified atom stereocenters. The van der Waals surface area contributed by atoms with Crippen LogP contribution in [0, 0.1) is 18.3 Å². The number of nitrogens with two attached hydrogens (primary N) is 1. The van der Waals surface area contributed by atoms with Gasteiger partial charge in [0.25, 0.3) is 0 Å². The van der Waals surface area contributed by atoms with Gasteiger partial charge in [-0.05, 0) is 24.6 Å². The zero-order valence-electron chi connectivity index (χ0n) is 10.1. The number of amides is 1. The lowest BCUT2D eigenvalue weighted by Crippen LogP contribution is -2.40. The predicted molar refractivity (Wildman–Crippen MR) is 66.3 cm³/mol. The highest BCUT2D eigenvalue weighted by Crippen LogP contribution is 2.16. The van der Waals surface area contributed by atoms with Gasteiger partial charge in [0.15, 0.2) is 0 Å². The topological polar surface area (TPSA) is 133 Å². The molecule has 19 heavy (non-hydrogen) atoms. The van der Waals surface area contributed by atoms with E-state index in [1.54, 1.807) is 6.92 Å². The Morgan fingerprint density at radius 3 is 2.74 bits per heavy atom. The molecule has 0 aliphatic rings. The number of hydrogen-bond acceptors (Lipinski definition) is 5. The number of carbonyl (C=O) groups is 1. The maximum atomic E-state index is 12.0. The van der Waals surface area contributed by atoms with Crippen molar-refractivity contribution in [3.05, 3.63) is 29.3 Å². The van der Waals surface area contributed by atoms with Crippen molar-refractivity contribution < 1.29 is 18.3 Å². The van der Waals surface area contributed by atoms with Crippen molar-refractivity contribution >= 4 is 15.9 Å². The minimum atomic E-state index is -3.92. The van der Waals surface area contributed by atoms with Crippen molar-refractivity contribution in [2.24, 2.45) is 5.73 Å². The van der Waals surface area contributed by atoms with Gasteiger partial charge in [-0.3, -0.25) is 4.79 Å². The van der Waals surface area contributed by atoms with E-state index in [-0.39, 0.29) is 10.5 Å². The van der Waals surface area contributed by atoms with E-state index in [2.05, 4.69) is 4.72 Å². The maximum Gasteiger partial charge on any atom is 0.247 e. The lowest BCUT2D eigenvalue weighted by Gasteiger charge is -2.11. The largest absolute Gasteiger partial charge is 0.382 e. The number of nitrogens with zero attached hydrogens (tertiary/aromatic N) is 1. The average Bonchev–Trinajstić information content (AvgIpc) is 2.36. The van der Waals surface area contributed by atoms with Gasteiger partial charge >= 0.3 is 0 Å². The fourth-order valence-electron chi connectivity index (χ4n) is 1.33. The van der Waals surface area contributed by atoms with Crippen molar-refractivity contribution in [2.75, 3.05) is 6.54 Å². The molecule has 1 aromatic carbocycles. The van der Waals surface area contributed by atoms with Gasteiger partial charge < -0.3 is 10.8 Å². The zero-order valence-corrected chi connectivity index (χ0v) is 10.9. The second-order valence-corrected chi connectivity index (χ2v) is 5.60. The summed E-state index contributed by atoms with van der Waals surface area (Å²) < 4.78 is 26.0. The fourth-order valence-corrected chi connectivity index (χ4v) is 2.63.